The number of aromatic nitrogens is 2. The first-order chi connectivity index (χ1) is 10.5. The minimum atomic E-state index is -5.11. The van der Waals surface area contributed by atoms with Crippen molar-refractivity contribution < 1.29 is 28.0 Å². The SMILES string of the molecule is Cc1nn([C@@H](C)C(=O)N2N=CC[C@@]2(O)C(F)(F)F)cc1[N+](=O)[O-]. The Morgan fingerprint density at radius 2 is 2.17 bits per heavy atom. The van der Waals surface area contributed by atoms with Crippen LogP contribution < -0.4 is 0 Å². The van der Waals surface area contributed by atoms with Crippen LogP contribution in [0, 0.1) is 17.0 Å². The first-order valence-corrected chi connectivity index (χ1v) is 6.35. The molecule has 0 aliphatic carbocycles. The molecule has 2 heterocycles. The summed E-state index contributed by atoms with van der Waals surface area (Å²) in [6.07, 6.45) is -4.29. The Labute approximate surface area is 127 Å². The molecule has 1 N–H and O–H groups in total. The van der Waals surface area contributed by atoms with E-state index < -0.39 is 35.2 Å². The Bertz CT molecular complexity index is 686. The summed E-state index contributed by atoms with van der Waals surface area (Å²) in [6, 6.07) is -1.33. The largest absolute Gasteiger partial charge is 0.438 e. The molecular weight excluding hydrogens is 323 g/mol. The fourth-order valence-electron chi connectivity index (χ4n) is 2.05. The number of hydrogen-bond donors (Lipinski definition) is 1. The molecule has 0 aromatic carbocycles. The zero-order valence-electron chi connectivity index (χ0n) is 12.0. The first kappa shape index (κ1) is 16.9. The highest BCUT2D eigenvalue weighted by Gasteiger charge is 2.62. The molecule has 0 saturated carbocycles. The minimum absolute atomic E-state index is 0.00524. The van der Waals surface area contributed by atoms with Crippen LogP contribution in [0.25, 0.3) is 0 Å². The maximum Gasteiger partial charge on any atom is 0.438 e. The van der Waals surface area contributed by atoms with E-state index in [1.165, 1.54) is 13.8 Å². The van der Waals surface area contributed by atoms with Gasteiger partial charge in [0, 0.05) is 12.6 Å². The molecule has 12 heteroatoms. The second-order valence-corrected chi connectivity index (χ2v) is 4.98. The van der Waals surface area contributed by atoms with Gasteiger partial charge in [0.25, 0.3) is 11.6 Å². The van der Waals surface area contributed by atoms with Gasteiger partial charge in [-0.25, -0.2) is 0 Å². The fraction of sp³-hybridized carbons (Fsp3) is 0.545. The van der Waals surface area contributed by atoms with Gasteiger partial charge in [0.15, 0.2) is 0 Å². The fourth-order valence-corrected chi connectivity index (χ4v) is 2.05. The van der Waals surface area contributed by atoms with Gasteiger partial charge < -0.3 is 5.11 Å². The molecule has 1 aromatic rings. The number of nitro groups is 1. The highest BCUT2D eigenvalue weighted by atomic mass is 19.4. The van der Waals surface area contributed by atoms with Gasteiger partial charge in [0.05, 0.1) is 4.92 Å². The van der Waals surface area contributed by atoms with E-state index in [0.717, 1.165) is 17.1 Å². The van der Waals surface area contributed by atoms with Crippen LogP contribution in [-0.2, 0) is 4.79 Å². The highest BCUT2D eigenvalue weighted by molar-refractivity contribution is 5.83. The van der Waals surface area contributed by atoms with Crippen molar-refractivity contribution in [2.45, 2.75) is 38.2 Å². The standard InChI is InChI=1S/C11H12F3N5O4/c1-6-8(19(22)23)5-17(16-6)7(2)9(20)18-10(21,3-4-15-18)11(12,13)14/h4-5,7,21H,3H2,1-2H3/t7-,10+/m0/s1. The quantitative estimate of drug-likeness (QED) is 0.657. The van der Waals surface area contributed by atoms with Crippen molar-refractivity contribution in [3.8, 4) is 0 Å². The van der Waals surface area contributed by atoms with Crippen LogP contribution in [0.4, 0.5) is 18.9 Å². The monoisotopic (exact) mass is 335 g/mol. The van der Waals surface area contributed by atoms with Crippen LogP contribution in [-0.4, -0.2) is 48.8 Å². The number of halogens is 3. The first-order valence-electron chi connectivity index (χ1n) is 6.35. The van der Waals surface area contributed by atoms with Crippen molar-refractivity contribution in [3.05, 3.63) is 22.0 Å². The van der Waals surface area contributed by atoms with Crippen LogP contribution in [0.15, 0.2) is 11.3 Å². The third-order valence-electron chi connectivity index (χ3n) is 3.43. The number of aryl methyl sites for hydroxylation is 1. The van der Waals surface area contributed by atoms with Crippen LogP contribution in [0.1, 0.15) is 25.1 Å². The number of rotatable bonds is 3. The van der Waals surface area contributed by atoms with E-state index >= 15 is 0 Å². The number of carbonyl (C=O) groups excluding carboxylic acids is 1. The average molecular weight is 335 g/mol. The van der Waals surface area contributed by atoms with E-state index in [1.807, 2.05) is 0 Å². The Morgan fingerprint density at radius 3 is 2.65 bits per heavy atom. The summed E-state index contributed by atoms with van der Waals surface area (Å²) in [6.45, 7) is 2.52. The van der Waals surface area contributed by atoms with Crippen LogP contribution in [0.2, 0.25) is 0 Å². The second-order valence-electron chi connectivity index (χ2n) is 4.98. The second kappa shape index (κ2) is 5.30. The molecule has 9 nitrogen and oxygen atoms in total. The topological polar surface area (TPSA) is 114 Å². The zero-order chi connectivity index (χ0) is 17.6. The predicted molar refractivity (Wildman–Crippen MR) is 69.3 cm³/mol. The summed E-state index contributed by atoms with van der Waals surface area (Å²) in [5.41, 5.74) is -3.81. The van der Waals surface area contributed by atoms with Crippen molar-refractivity contribution in [3.63, 3.8) is 0 Å². The maximum atomic E-state index is 13.0. The summed E-state index contributed by atoms with van der Waals surface area (Å²) in [5.74, 6) is -1.20. The average Bonchev–Trinajstić information content (AvgIpc) is 3.00. The lowest BCUT2D eigenvalue weighted by Gasteiger charge is -2.33. The van der Waals surface area contributed by atoms with Crippen molar-refractivity contribution in [2.75, 3.05) is 0 Å². The third-order valence-corrected chi connectivity index (χ3v) is 3.43. The van der Waals surface area contributed by atoms with E-state index in [2.05, 4.69) is 10.2 Å². The summed E-state index contributed by atoms with van der Waals surface area (Å²) >= 11 is 0. The number of nitrogens with zero attached hydrogens (tertiary/aromatic N) is 5. The van der Waals surface area contributed by atoms with Crippen molar-refractivity contribution in [1.82, 2.24) is 14.8 Å². The van der Waals surface area contributed by atoms with Crippen molar-refractivity contribution in [2.24, 2.45) is 5.10 Å². The Morgan fingerprint density at radius 1 is 1.57 bits per heavy atom. The van der Waals surface area contributed by atoms with E-state index in [-0.39, 0.29) is 16.4 Å². The third kappa shape index (κ3) is 2.65. The number of aliphatic hydroxyl groups is 1. The van der Waals surface area contributed by atoms with Gasteiger partial charge in [-0.15, -0.1) is 0 Å². The van der Waals surface area contributed by atoms with E-state index in [1.54, 1.807) is 0 Å². The van der Waals surface area contributed by atoms with Crippen molar-refractivity contribution >= 4 is 17.8 Å². The molecule has 0 fully saturated rings. The van der Waals surface area contributed by atoms with E-state index in [4.69, 9.17) is 0 Å². The predicted octanol–water partition coefficient (Wildman–Crippen LogP) is 1.13. The molecule has 126 valence electrons. The number of alkyl halides is 3. The summed E-state index contributed by atoms with van der Waals surface area (Å²) in [4.78, 5) is 22.3. The number of carbonyl (C=O) groups is 1. The van der Waals surface area contributed by atoms with Crippen LogP contribution in [0.5, 0.6) is 0 Å². The number of hydrogen-bond acceptors (Lipinski definition) is 6. The molecule has 0 saturated heterocycles. The minimum Gasteiger partial charge on any atom is -0.362 e. The van der Waals surface area contributed by atoms with E-state index in [9.17, 15) is 33.2 Å². The maximum absolute atomic E-state index is 13.0. The molecular formula is C11H12F3N5O4. The molecule has 1 aromatic heterocycles. The van der Waals surface area contributed by atoms with Gasteiger partial charge in [-0.2, -0.15) is 28.4 Å². The lowest BCUT2D eigenvalue weighted by atomic mass is 10.1. The summed E-state index contributed by atoms with van der Waals surface area (Å²) in [5, 5.41) is 27.4. The molecule has 0 spiro atoms. The Kier molecular flexibility index (Phi) is 3.88. The molecule has 2 atom stereocenters. The highest BCUT2D eigenvalue weighted by Crippen LogP contribution is 2.39. The zero-order valence-corrected chi connectivity index (χ0v) is 12.0. The molecule has 0 bridgehead atoms. The van der Waals surface area contributed by atoms with Gasteiger partial charge >= 0.3 is 11.9 Å². The molecule has 1 aliphatic heterocycles. The van der Waals surface area contributed by atoms with Gasteiger partial charge in [-0.3, -0.25) is 19.6 Å². The number of amides is 1. The van der Waals surface area contributed by atoms with Gasteiger partial charge in [-0.1, -0.05) is 0 Å². The van der Waals surface area contributed by atoms with Crippen LogP contribution in [0.3, 0.4) is 0 Å². The number of hydrazone groups is 1. The van der Waals surface area contributed by atoms with Gasteiger partial charge in [-0.05, 0) is 13.8 Å². The summed E-state index contributed by atoms with van der Waals surface area (Å²) < 4.78 is 39.7. The van der Waals surface area contributed by atoms with Crippen LogP contribution >= 0.6 is 0 Å². The van der Waals surface area contributed by atoms with Gasteiger partial charge in [0.2, 0.25) is 0 Å². The molecule has 1 aliphatic rings. The molecule has 0 unspecified atom stereocenters. The van der Waals surface area contributed by atoms with Gasteiger partial charge in [0.1, 0.15) is 17.9 Å². The molecule has 1 amide bonds. The van der Waals surface area contributed by atoms with Crippen molar-refractivity contribution in [1.29, 1.82) is 0 Å². The molecule has 23 heavy (non-hydrogen) atoms. The summed E-state index contributed by atoms with van der Waals surface area (Å²) in [7, 11) is 0. The lowest BCUT2D eigenvalue weighted by Crippen LogP contribution is -2.57. The smallest absolute Gasteiger partial charge is 0.362 e. The molecule has 0 radical (unpaired) electrons. The Balaban J connectivity index is 2.31. The normalized spacial score (nSPS) is 22.4. The Hall–Kier alpha value is -2.50. The van der Waals surface area contributed by atoms with E-state index in [0.29, 0.717) is 0 Å². The lowest BCUT2D eigenvalue weighted by molar-refractivity contribution is -0.385. The molecule has 2 rings (SSSR count).